The first-order valence-electron chi connectivity index (χ1n) is 11.0. The Hall–Kier alpha value is -5.06. The SMILES string of the molecule is Cc1ccccc1Oc1cc(NC(=O)c2cc3nccc(-c4cnn(C)c4C)n3n2)cc([N+](=O)[O-])c1. The lowest BCUT2D eigenvalue weighted by atomic mass is 10.2. The Morgan fingerprint density at radius 2 is 1.92 bits per heavy atom. The number of ether oxygens (including phenoxy) is 1. The lowest BCUT2D eigenvalue weighted by Crippen LogP contribution is -2.13. The van der Waals surface area contributed by atoms with Gasteiger partial charge < -0.3 is 10.1 Å². The third kappa shape index (κ3) is 4.25. The van der Waals surface area contributed by atoms with Gasteiger partial charge in [0.25, 0.3) is 11.6 Å². The first-order chi connectivity index (χ1) is 17.3. The third-order valence-corrected chi connectivity index (χ3v) is 5.78. The minimum Gasteiger partial charge on any atom is -0.457 e. The number of fused-ring (bicyclic) bond motifs is 1. The van der Waals surface area contributed by atoms with Gasteiger partial charge in [0.2, 0.25) is 0 Å². The molecule has 0 bridgehead atoms. The minimum absolute atomic E-state index is 0.101. The average Bonchev–Trinajstić information content (AvgIpc) is 3.44. The fourth-order valence-electron chi connectivity index (χ4n) is 3.77. The van der Waals surface area contributed by atoms with Crippen molar-refractivity contribution in [2.24, 2.45) is 7.05 Å². The molecule has 3 aromatic heterocycles. The van der Waals surface area contributed by atoms with Crippen molar-refractivity contribution in [1.82, 2.24) is 24.4 Å². The predicted molar refractivity (Wildman–Crippen MR) is 132 cm³/mol. The molecule has 1 N–H and O–H groups in total. The monoisotopic (exact) mass is 483 g/mol. The summed E-state index contributed by atoms with van der Waals surface area (Å²) < 4.78 is 9.18. The summed E-state index contributed by atoms with van der Waals surface area (Å²) in [7, 11) is 1.84. The van der Waals surface area contributed by atoms with E-state index < -0.39 is 10.8 Å². The van der Waals surface area contributed by atoms with Gasteiger partial charge in [0, 0.05) is 42.7 Å². The first kappa shape index (κ1) is 22.7. The molecule has 0 saturated heterocycles. The van der Waals surface area contributed by atoms with Gasteiger partial charge in [0.15, 0.2) is 11.3 Å². The number of hydrogen-bond acceptors (Lipinski definition) is 7. The largest absolute Gasteiger partial charge is 0.457 e. The summed E-state index contributed by atoms with van der Waals surface area (Å²) >= 11 is 0. The van der Waals surface area contributed by atoms with E-state index in [1.54, 1.807) is 45.9 Å². The number of para-hydroxylation sites is 1. The molecule has 0 radical (unpaired) electrons. The predicted octanol–water partition coefficient (Wildman–Crippen LogP) is 4.70. The van der Waals surface area contributed by atoms with E-state index in [-0.39, 0.29) is 22.8 Å². The number of amides is 1. The second kappa shape index (κ2) is 8.95. The highest BCUT2D eigenvalue weighted by molar-refractivity contribution is 6.03. The van der Waals surface area contributed by atoms with E-state index >= 15 is 0 Å². The summed E-state index contributed by atoms with van der Waals surface area (Å²) in [6, 6.07) is 14.7. The molecule has 5 rings (SSSR count). The topological polar surface area (TPSA) is 129 Å². The van der Waals surface area contributed by atoms with Crippen molar-refractivity contribution in [1.29, 1.82) is 0 Å². The van der Waals surface area contributed by atoms with Crippen molar-refractivity contribution in [3.05, 3.63) is 94.1 Å². The van der Waals surface area contributed by atoms with E-state index in [1.165, 1.54) is 18.2 Å². The van der Waals surface area contributed by atoms with E-state index in [9.17, 15) is 14.9 Å². The highest BCUT2D eigenvalue weighted by atomic mass is 16.6. The summed E-state index contributed by atoms with van der Waals surface area (Å²) in [6.07, 6.45) is 3.36. The second-order valence-electron chi connectivity index (χ2n) is 8.19. The first-order valence-corrected chi connectivity index (χ1v) is 11.0. The van der Waals surface area contributed by atoms with Gasteiger partial charge in [-0.3, -0.25) is 19.6 Å². The van der Waals surface area contributed by atoms with Crippen molar-refractivity contribution < 1.29 is 14.5 Å². The number of anilines is 1. The van der Waals surface area contributed by atoms with E-state index in [1.807, 2.05) is 33.0 Å². The average molecular weight is 483 g/mol. The zero-order chi connectivity index (χ0) is 25.4. The number of nitro groups is 1. The molecule has 1 amide bonds. The van der Waals surface area contributed by atoms with Gasteiger partial charge in [-0.15, -0.1) is 0 Å². The van der Waals surface area contributed by atoms with Crippen LogP contribution >= 0.6 is 0 Å². The Balaban J connectivity index is 1.47. The zero-order valence-electron chi connectivity index (χ0n) is 19.7. The molecule has 0 atom stereocenters. The quantitative estimate of drug-likeness (QED) is 0.274. The van der Waals surface area contributed by atoms with E-state index in [4.69, 9.17) is 4.74 Å². The van der Waals surface area contributed by atoms with Crippen molar-refractivity contribution in [3.63, 3.8) is 0 Å². The van der Waals surface area contributed by atoms with Gasteiger partial charge in [-0.05, 0) is 31.5 Å². The van der Waals surface area contributed by atoms with E-state index in [0.717, 1.165) is 22.5 Å². The Morgan fingerprint density at radius 3 is 2.64 bits per heavy atom. The molecule has 36 heavy (non-hydrogen) atoms. The molecule has 11 nitrogen and oxygen atoms in total. The molecule has 3 heterocycles. The van der Waals surface area contributed by atoms with Crippen molar-refractivity contribution >= 4 is 22.9 Å². The van der Waals surface area contributed by atoms with Crippen LogP contribution < -0.4 is 10.1 Å². The maximum atomic E-state index is 13.1. The van der Waals surface area contributed by atoms with Crippen LogP contribution in [0.5, 0.6) is 11.5 Å². The van der Waals surface area contributed by atoms with Crippen LogP contribution in [0.4, 0.5) is 11.4 Å². The Labute approximate surface area is 205 Å². The number of nitro benzene ring substituents is 1. The molecule has 0 saturated carbocycles. The molecule has 0 aliphatic carbocycles. The van der Waals surface area contributed by atoms with Crippen LogP contribution in [-0.2, 0) is 7.05 Å². The van der Waals surface area contributed by atoms with Crippen molar-refractivity contribution in [2.45, 2.75) is 13.8 Å². The number of carbonyl (C=O) groups is 1. The van der Waals surface area contributed by atoms with Crippen molar-refractivity contribution in [3.8, 4) is 22.8 Å². The highest BCUT2D eigenvalue weighted by Gasteiger charge is 2.18. The van der Waals surface area contributed by atoms with Gasteiger partial charge in [-0.25, -0.2) is 9.50 Å². The van der Waals surface area contributed by atoms with Gasteiger partial charge in [0.1, 0.15) is 11.5 Å². The summed E-state index contributed by atoms with van der Waals surface area (Å²) in [6.45, 7) is 3.80. The molecule has 0 aliphatic heterocycles. The van der Waals surface area contributed by atoms with Crippen LogP contribution in [0, 0.1) is 24.0 Å². The van der Waals surface area contributed by atoms with Gasteiger partial charge >= 0.3 is 0 Å². The Kier molecular flexibility index (Phi) is 5.65. The van der Waals surface area contributed by atoms with Crippen LogP contribution in [0.2, 0.25) is 0 Å². The molecule has 0 unspecified atom stereocenters. The number of hydrogen-bond donors (Lipinski definition) is 1. The molecule has 2 aromatic carbocycles. The molecule has 0 aliphatic rings. The van der Waals surface area contributed by atoms with Crippen molar-refractivity contribution in [2.75, 3.05) is 5.32 Å². The molecule has 180 valence electrons. The molecule has 5 aromatic rings. The fourth-order valence-corrected chi connectivity index (χ4v) is 3.77. The normalized spacial score (nSPS) is 11.0. The van der Waals surface area contributed by atoms with Gasteiger partial charge in [-0.1, -0.05) is 18.2 Å². The number of nitrogens with one attached hydrogen (secondary N) is 1. The summed E-state index contributed by atoms with van der Waals surface area (Å²) in [5.41, 5.74) is 3.94. The van der Waals surface area contributed by atoms with Gasteiger partial charge in [-0.2, -0.15) is 10.2 Å². The standard InChI is InChI=1S/C25H21N7O4/c1-15-6-4-5-7-23(15)36-19-11-17(10-18(12-19)32(34)35)28-25(33)21-13-24-26-9-8-22(31(24)29-21)20-14-27-30(3)16(20)2/h4-14H,1-3H3,(H,28,33). The number of carbonyl (C=O) groups excluding carboxylic acids is 1. The third-order valence-electron chi connectivity index (χ3n) is 5.78. The number of nitrogens with zero attached hydrogens (tertiary/aromatic N) is 6. The number of rotatable bonds is 6. The number of benzene rings is 2. The molecule has 0 spiro atoms. The maximum absolute atomic E-state index is 13.1. The van der Waals surface area contributed by atoms with Gasteiger partial charge in [0.05, 0.1) is 28.6 Å². The second-order valence-corrected chi connectivity index (χ2v) is 8.19. The summed E-state index contributed by atoms with van der Waals surface area (Å²) in [5, 5.41) is 22.9. The number of non-ortho nitro benzene ring substituents is 1. The molecular formula is C25H21N7O4. The molecule has 11 heteroatoms. The number of aromatic nitrogens is 5. The maximum Gasteiger partial charge on any atom is 0.276 e. The molecule has 0 fully saturated rings. The highest BCUT2D eigenvalue weighted by Crippen LogP contribution is 2.31. The Bertz CT molecular complexity index is 1640. The van der Waals surface area contributed by atoms with Crippen LogP contribution in [0.25, 0.3) is 16.9 Å². The van der Waals surface area contributed by atoms with E-state index in [0.29, 0.717) is 11.4 Å². The number of aryl methyl sites for hydroxylation is 2. The molecular weight excluding hydrogens is 462 g/mol. The zero-order valence-corrected chi connectivity index (χ0v) is 19.7. The lowest BCUT2D eigenvalue weighted by molar-refractivity contribution is -0.384. The van der Waals surface area contributed by atoms with Crippen LogP contribution in [0.15, 0.2) is 67.0 Å². The lowest BCUT2D eigenvalue weighted by Gasteiger charge is -2.10. The minimum atomic E-state index is -0.545. The summed E-state index contributed by atoms with van der Waals surface area (Å²) in [5.74, 6) is 0.233. The van der Waals surface area contributed by atoms with Crippen LogP contribution in [-0.4, -0.2) is 35.2 Å². The van der Waals surface area contributed by atoms with Crippen LogP contribution in [0.1, 0.15) is 21.7 Å². The fraction of sp³-hybridized carbons (Fsp3) is 0.120. The van der Waals surface area contributed by atoms with E-state index in [2.05, 4.69) is 20.5 Å². The summed E-state index contributed by atoms with van der Waals surface area (Å²) in [4.78, 5) is 28.3. The Morgan fingerprint density at radius 1 is 1.11 bits per heavy atom. The van der Waals surface area contributed by atoms with Crippen LogP contribution in [0.3, 0.4) is 0 Å². The smallest absolute Gasteiger partial charge is 0.276 e.